The average molecular weight is 1660 g/mol. The van der Waals surface area contributed by atoms with Gasteiger partial charge in [-0.15, -0.1) is 0 Å². The van der Waals surface area contributed by atoms with Crippen molar-refractivity contribution in [3.63, 3.8) is 0 Å². The third-order valence-corrected chi connectivity index (χ3v) is 19.0. The molecule has 9 aromatic carbocycles. The summed E-state index contributed by atoms with van der Waals surface area (Å²) in [4.78, 5) is 67.9. The van der Waals surface area contributed by atoms with Crippen molar-refractivity contribution in [2.45, 2.75) is 86.7 Å². The fourth-order valence-electron chi connectivity index (χ4n) is 13.3. The molecule has 15 rings (SSSR count). The van der Waals surface area contributed by atoms with Crippen LogP contribution >= 0.6 is 0 Å². The van der Waals surface area contributed by atoms with E-state index in [2.05, 4.69) is 29.9 Å². The molecule has 6 aromatic heterocycles. The fourth-order valence-corrected chi connectivity index (χ4v) is 13.3. The number of aryl methyl sites for hydroxylation is 3. The van der Waals surface area contributed by atoms with Crippen LogP contribution in [0.15, 0.2) is 323 Å². The maximum absolute atomic E-state index is 11.6. The molecule has 0 radical (unpaired) electrons. The lowest BCUT2D eigenvalue weighted by Crippen LogP contribution is -2.29. The SMILES string of the molecule is C.Cc1oc(-c2ccccc2)nc1CCOc1ccc(CN(CC(=O)O)Cc2cccc(Oc3ccccc3)c2)cn1.Cc1oc(-c2ccccc2)nc1CCOc1cccc(CN(CC(=O)O)Cc2cccc(Oc3ccccc3)c2)n1.Cc1oc(-c2ccccc2)nc1CCOc1cccc(CN(CC(=O)O)Cc2cccc(Oc3ccccc3)c2)n1. The summed E-state index contributed by atoms with van der Waals surface area (Å²) in [6.45, 7) is 8.87. The van der Waals surface area contributed by atoms with E-state index in [1.165, 1.54) is 0 Å². The molecule has 0 aliphatic heterocycles. The summed E-state index contributed by atoms with van der Waals surface area (Å²) in [7, 11) is 0. The Balaban J connectivity index is 0.000000169. The summed E-state index contributed by atoms with van der Waals surface area (Å²) in [6, 6.07) is 95.7. The van der Waals surface area contributed by atoms with Crippen LogP contribution in [-0.4, -0.2) is 117 Å². The number of aliphatic carboxylic acids is 3. The van der Waals surface area contributed by atoms with Gasteiger partial charge in [0.2, 0.25) is 35.3 Å². The number of oxazole rings is 3. The van der Waals surface area contributed by atoms with E-state index < -0.39 is 17.9 Å². The normalized spacial score (nSPS) is 10.9. The highest BCUT2D eigenvalue weighted by Gasteiger charge is 2.20. The number of carbonyl (C=O) groups is 3. The van der Waals surface area contributed by atoms with Gasteiger partial charge in [-0.3, -0.25) is 29.1 Å². The van der Waals surface area contributed by atoms with Gasteiger partial charge in [0.15, 0.2) is 0 Å². The molecule has 0 amide bonds. The average Bonchev–Trinajstić information content (AvgIpc) is 1.71. The maximum Gasteiger partial charge on any atom is 0.317 e. The molecule has 0 unspecified atom stereocenters. The lowest BCUT2D eigenvalue weighted by molar-refractivity contribution is -0.139. The van der Waals surface area contributed by atoms with Gasteiger partial charge in [-0.2, -0.15) is 0 Å². The van der Waals surface area contributed by atoms with E-state index in [9.17, 15) is 29.7 Å². The van der Waals surface area contributed by atoms with E-state index in [0.29, 0.717) is 142 Å². The minimum Gasteiger partial charge on any atom is -0.480 e. The van der Waals surface area contributed by atoms with Crippen molar-refractivity contribution in [1.82, 2.24) is 44.6 Å². The Morgan fingerprint density at radius 1 is 0.306 bits per heavy atom. The quantitative estimate of drug-likeness (QED) is 0.0322. The zero-order valence-electron chi connectivity index (χ0n) is 68.3. The van der Waals surface area contributed by atoms with Crippen LogP contribution in [0.2, 0.25) is 0 Å². The van der Waals surface area contributed by atoms with Gasteiger partial charge in [0.05, 0.1) is 67.9 Å². The lowest BCUT2D eigenvalue weighted by atomic mass is 10.2. The van der Waals surface area contributed by atoms with Crippen molar-refractivity contribution in [3.8, 4) is 86.5 Å². The van der Waals surface area contributed by atoms with Crippen molar-refractivity contribution in [2.24, 2.45) is 0 Å². The summed E-state index contributed by atoms with van der Waals surface area (Å²) < 4.78 is 53.0. The molecule has 0 fully saturated rings. The Bertz CT molecular complexity index is 5590. The second-order valence-corrected chi connectivity index (χ2v) is 28.7. The third-order valence-electron chi connectivity index (χ3n) is 19.0. The van der Waals surface area contributed by atoms with Gasteiger partial charge in [0, 0.05) is 99.6 Å². The van der Waals surface area contributed by atoms with Crippen LogP contribution in [0.5, 0.6) is 52.1 Å². The zero-order valence-corrected chi connectivity index (χ0v) is 68.3. The molecule has 124 heavy (non-hydrogen) atoms. The maximum atomic E-state index is 11.6. The highest BCUT2D eigenvalue weighted by Crippen LogP contribution is 2.30. The third kappa shape index (κ3) is 28.1. The number of carboxylic acids is 3. The number of para-hydroxylation sites is 3. The molecule has 632 valence electrons. The summed E-state index contributed by atoms with van der Waals surface area (Å²) in [5, 5.41) is 28.6. The van der Waals surface area contributed by atoms with Crippen molar-refractivity contribution in [1.29, 1.82) is 0 Å². The summed E-state index contributed by atoms with van der Waals surface area (Å²) >= 11 is 0. The van der Waals surface area contributed by atoms with Gasteiger partial charge in [-0.1, -0.05) is 171 Å². The molecule has 24 heteroatoms. The molecule has 6 heterocycles. The topological polar surface area (TPSA) is 294 Å². The number of rotatable bonds is 39. The van der Waals surface area contributed by atoms with Crippen molar-refractivity contribution in [2.75, 3.05) is 39.5 Å². The molecule has 0 atom stereocenters. The molecule has 0 aliphatic carbocycles. The van der Waals surface area contributed by atoms with Gasteiger partial charge in [0.25, 0.3) is 0 Å². The predicted molar refractivity (Wildman–Crippen MR) is 471 cm³/mol. The van der Waals surface area contributed by atoms with E-state index in [1.807, 2.05) is 321 Å². The number of hydrogen-bond acceptors (Lipinski definition) is 21. The Morgan fingerprint density at radius 3 is 0.911 bits per heavy atom. The molecule has 15 aromatic rings. The molecular formula is C100H97N9O15. The highest BCUT2D eigenvalue weighted by atomic mass is 16.5. The summed E-state index contributed by atoms with van der Waals surface area (Å²) in [6.07, 6.45) is 3.44. The van der Waals surface area contributed by atoms with Crippen molar-refractivity contribution >= 4 is 17.9 Å². The summed E-state index contributed by atoms with van der Waals surface area (Å²) in [5.41, 5.74) is 10.5. The van der Waals surface area contributed by atoms with Crippen LogP contribution in [0.4, 0.5) is 0 Å². The van der Waals surface area contributed by atoms with Gasteiger partial charge in [-0.25, -0.2) is 29.9 Å². The first kappa shape index (κ1) is 88.4. The largest absolute Gasteiger partial charge is 0.480 e. The van der Waals surface area contributed by atoms with Crippen molar-refractivity contribution in [3.05, 3.63) is 378 Å². The van der Waals surface area contributed by atoms with Gasteiger partial charge in [0.1, 0.15) is 51.8 Å². The number of pyridine rings is 3. The number of nitrogens with zero attached hydrogens (tertiary/aromatic N) is 9. The van der Waals surface area contributed by atoms with Crippen LogP contribution in [0.3, 0.4) is 0 Å². The van der Waals surface area contributed by atoms with E-state index >= 15 is 0 Å². The Labute approximate surface area is 720 Å². The lowest BCUT2D eigenvalue weighted by Gasteiger charge is -2.21. The monoisotopic (exact) mass is 1660 g/mol. The minimum atomic E-state index is -0.910. The smallest absolute Gasteiger partial charge is 0.317 e. The first-order valence-corrected chi connectivity index (χ1v) is 40.1. The van der Waals surface area contributed by atoms with Crippen LogP contribution in [0, 0.1) is 20.8 Å². The van der Waals surface area contributed by atoms with Crippen LogP contribution in [-0.2, 0) is 72.9 Å². The zero-order chi connectivity index (χ0) is 85.3. The van der Waals surface area contributed by atoms with E-state index in [1.54, 1.807) is 24.4 Å². The molecule has 0 aliphatic rings. The first-order chi connectivity index (χ1) is 60.0. The van der Waals surface area contributed by atoms with Crippen LogP contribution in [0.25, 0.3) is 34.4 Å². The van der Waals surface area contributed by atoms with E-state index in [-0.39, 0.29) is 27.1 Å². The molecule has 24 nitrogen and oxygen atoms in total. The predicted octanol–water partition coefficient (Wildman–Crippen LogP) is 20.3. The van der Waals surface area contributed by atoms with Gasteiger partial charge < -0.3 is 57.0 Å². The fraction of sp³-hybridized carbons (Fsp3) is 0.190. The van der Waals surface area contributed by atoms with Gasteiger partial charge in [-0.05, 0) is 164 Å². The Morgan fingerprint density at radius 2 is 0.597 bits per heavy atom. The second kappa shape index (κ2) is 45.5. The van der Waals surface area contributed by atoms with Crippen LogP contribution in [0.1, 0.15) is 75.4 Å². The molecule has 3 N–H and O–H groups in total. The Hall–Kier alpha value is -14.9. The number of carboxylic acid groups (broad SMARTS) is 3. The van der Waals surface area contributed by atoms with E-state index in [4.69, 9.17) is 41.7 Å². The van der Waals surface area contributed by atoms with E-state index in [0.717, 1.165) is 90.6 Å². The highest BCUT2D eigenvalue weighted by molar-refractivity contribution is 5.70. The minimum absolute atomic E-state index is 0. The number of aromatic nitrogens is 6. The number of benzene rings is 9. The number of ether oxygens (including phenoxy) is 6. The Kier molecular flexibility index (Phi) is 32.5. The first-order valence-electron chi connectivity index (χ1n) is 40.1. The molecular weight excluding hydrogens is 1570 g/mol. The molecule has 0 saturated heterocycles. The standard InChI is InChI=1S/3C33H31N3O5.CH4/c2*1-24-30(35-33(40-24)26-11-4-2-5-12-26)18-19-39-31-17-9-13-27(34-31)22-36(23-32(37)38)21-25-10-8-16-29(20-25)41-28-14-6-3-7-15-28;1-24-30(35-33(40-24)27-10-4-2-5-11-27)17-18-39-31-16-15-26(20-34-31)22-36(23-32(37)38)21-25-9-8-14-29(19-25)41-28-12-6-3-7-13-28;/h2*2-17,20H,18-19,21-23H2,1H3,(H,37,38);2-16,19-20H,17-18,21-23H2,1H3,(H,37,38);1H4. The van der Waals surface area contributed by atoms with Gasteiger partial charge >= 0.3 is 17.9 Å². The second-order valence-electron chi connectivity index (χ2n) is 28.7. The molecule has 0 saturated carbocycles. The van der Waals surface area contributed by atoms with Crippen molar-refractivity contribution < 1.29 is 71.4 Å². The summed E-state index contributed by atoms with van der Waals surface area (Å²) in [5.74, 6) is 7.10. The van der Waals surface area contributed by atoms with Crippen LogP contribution < -0.4 is 28.4 Å². The molecule has 0 spiro atoms. The molecule has 0 bridgehead atoms. The number of hydrogen-bond donors (Lipinski definition) is 3.